The summed E-state index contributed by atoms with van der Waals surface area (Å²) in [6, 6.07) is -0.372. The summed E-state index contributed by atoms with van der Waals surface area (Å²) in [5, 5.41) is 8.32. The number of rotatable bonds is 5. The van der Waals surface area contributed by atoms with Crippen LogP contribution in [0.15, 0.2) is 10.7 Å². The Balaban J connectivity index is 2.25. The van der Waals surface area contributed by atoms with E-state index in [9.17, 15) is 0 Å². The van der Waals surface area contributed by atoms with Crippen molar-refractivity contribution in [3.8, 4) is 0 Å². The zero-order chi connectivity index (χ0) is 13.1. The van der Waals surface area contributed by atoms with Gasteiger partial charge in [-0.2, -0.15) is 10.1 Å². The maximum absolute atomic E-state index is 6.18. The SMILES string of the molecule is CCCc1nc(C(N)c2cn(C)nc2CC)no1. The maximum atomic E-state index is 6.18. The van der Waals surface area contributed by atoms with Crippen LogP contribution in [0.25, 0.3) is 0 Å². The summed E-state index contributed by atoms with van der Waals surface area (Å²) < 4.78 is 6.92. The topological polar surface area (TPSA) is 82.8 Å². The van der Waals surface area contributed by atoms with Crippen molar-refractivity contribution in [3.63, 3.8) is 0 Å². The van der Waals surface area contributed by atoms with E-state index in [2.05, 4.69) is 29.1 Å². The largest absolute Gasteiger partial charge is 0.339 e. The fraction of sp³-hybridized carbons (Fsp3) is 0.583. The molecule has 2 N–H and O–H groups in total. The van der Waals surface area contributed by atoms with Gasteiger partial charge >= 0.3 is 0 Å². The van der Waals surface area contributed by atoms with E-state index in [1.165, 1.54) is 0 Å². The molecule has 6 nitrogen and oxygen atoms in total. The zero-order valence-corrected chi connectivity index (χ0v) is 11.1. The molecule has 2 rings (SSSR count). The molecule has 2 heterocycles. The van der Waals surface area contributed by atoms with Crippen LogP contribution >= 0.6 is 0 Å². The molecule has 2 aromatic rings. The van der Waals surface area contributed by atoms with Crippen LogP contribution in [0.2, 0.25) is 0 Å². The normalized spacial score (nSPS) is 12.9. The van der Waals surface area contributed by atoms with Crippen LogP contribution in [0.5, 0.6) is 0 Å². The first-order valence-electron chi connectivity index (χ1n) is 6.26. The van der Waals surface area contributed by atoms with Crippen LogP contribution < -0.4 is 5.73 Å². The van der Waals surface area contributed by atoms with Crippen molar-refractivity contribution in [2.45, 2.75) is 39.2 Å². The fourth-order valence-corrected chi connectivity index (χ4v) is 1.94. The van der Waals surface area contributed by atoms with Crippen LogP contribution in [0.3, 0.4) is 0 Å². The van der Waals surface area contributed by atoms with Gasteiger partial charge in [0.2, 0.25) is 5.89 Å². The summed E-state index contributed by atoms with van der Waals surface area (Å²) in [7, 11) is 1.88. The third-order valence-electron chi connectivity index (χ3n) is 2.83. The summed E-state index contributed by atoms with van der Waals surface area (Å²) in [5.41, 5.74) is 8.12. The lowest BCUT2D eigenvalue weighted by atomic mass is 10.1. The molecule has 0 aliphatic rings. The molecule has 0 spiro atoms. The molecule has 18 heavy (non-hydrogen) atoms. The highest BCUT2D eigenvalue weighted by Gasteiger charge is 2.20. The lowest BCUT2D eigenvalue weighted by Crippen LogP contribution is -2.14. The van der Waals surface area contributed by atoms with Gasteiger partial charge in [0, 0.05) is 25.2 Å². The summed E-state index contributed by atoms with van der Waals surface area (Å²) in [6.45, 7) is 4.12. The number of aromatic nitrogens is 4. The van der Waals surface area contributed by atoms with Gasteiger partial charge in [0.1, 0.15) is 0 Å². The predicted octanol–water partition coefficient (Wildman–Crippen LogP) is 1.37. The van der Waals surface area contributed by atoms with E-state index >= 15 is 0 Å². The van der Waals surface area contributed by atoms with E-state index in [0.29, 0.717) is 11.7 Å². The molecule has 0 saturated carbocycles. The van der Waals surface area contributed by atoms with Crippen molar-refractivity contribution in [1.29, 1.82) is 0 Å². The van der Waals surface area contributed by atoms with Gasteiger partial charge in [0.05, 0.1) is 11.7 Å². The van der Waals surface area contributed by atoms with E-state index in [-0.39, 0.29) is 6.04 Å². The fourth-order valence-electron chi connectivity index (χ4n) is 1.94. The maximum Gasteiger partial charge on any atom is 0.226 e. The molecule has 0 fully saturated rings. The number of nitrogens with two attached hydrogens (primary N) is 1. The second kappa shape index (κ2) is 5.30. The highest BCUT2D eigenvalue weighted by Crippen LogP contribution is 2.20. The summed E-state index contributed by atoms with van der Waals surface area (Å²) in [5.74, 6) is 1.17. The van der Waals surface area contributed by atoms with Crippen molar-refractivity contribution in [3.05, 3.63) is 29.2 Å². The molecular weight excluding hydrogens is 230 g/mol. The van der Waals surface area contributed by atoms with Gasteiger partial charge in [-0.3, -0.25) is 4.68 Å². The molecule has 6 heteroatoms. The van der Waals surface area contributed by atoms with Gasteiger partial charge in [-0.05, 0) is 12.8 Å². The van der Waals surface area contributed by atoms with Crippen molar-refractivity contribution >= 4 is 0 Å². The first-order valence-corrected chi connectivity index (χ1v) is 6.26. The van der Waals surface area contributed by atoms with E-state index in [0.717, 1.165) is 30.5 Å². The van der Waals surface area contributed by atoms with Crippen LogP contribution in [0.1, 0.15) is 49.3 Å². The van der Waals surface area contributed by atoms with Gasteiger partial charge < -0.3 is 10.3 Å². The van der Waals surface area contributed by atoms with Crippen LogP contribution in [0.4, 0.5) is 0 Å². The van der Waals surface area contributed by atoms with Crippen LogP contribution in [-0.2, 0) is 19.9 Å². The van der Waals surface area contributed by atoms with Gasteiger partial charge in [-0.25, -0.2) is 0 Å². The van der Waals surface area contributed by atoms with E-state index in [1.54, 1.807) is 4.68 Å². The van der Waals surface area contributed by atoms with Crippen LogP contribution in [0, 0.1) is 0 Å². The van der Waals surface area contributed by atoms with E-state index in [4.69, 9.17) is 10.3 Å². The molecule has 0 bridgehead atoms. The van der Waals surface area contributed by atoms with Crippen molar-refractivity contribution in [2.75, 3.05) is 0 Å². The predicted molar refractivity (Wildman–Crippen MR) is 66.9 cm³/mol. The molecular formula is C12H19N5O. The Labute approximate surface area is 106 Å². The number of hydrogen-bond donors (Lipinski definition) is 1. The Morgan fingerprint density at radius 1 is 1.44 bits per heavy atom. The van der Waals surface area contributed by atoms with Crippen molar-refractivity contribution in [2.24, 2.45) is 12.8 Å². The zero-order valence-electron chi connectivity index (χ0n) is 11.1. The number of aryl methyl sites for hydroxylation is 3. The summed E-state index contributed by atoms with van der Waals surface area (Å²) >= 11 is 0. The molecule has 1 unspecified atom stereocenters. The van der Waals surface area contributed by atoms with Gasteiger partial charge in [0.25, 0.3) is 0 Å². The second-order valence-electron chi connectivity index (χ2n) is 4.33. The quantitative estimate of drug-likeness (QED) is 0.865. The molecule has 2 aromatic heterocycles. The first kappa shape index (κ1) is 12.8. The minimum Gasteiger partial charge on any atom is -0.339 e. The molecule has 0 aliphatic carbocycles. The minimum atomic E-state index is -0.372. The lowest BCUT2D eigenvalue weighted by molar-refractivity contribution is 0.370. The number of nitrogens with zero attached hydrogens (tertiary/aromatic N) is 4. The molecule has 0 amide bonds. The van der Waals surface area contributed by atoms with Gasteiger partial charge in [-0.1, -0.05) is 19.0 Å². The first-order chi connectivity index (χ1) is 8.65. The average Bonchev–Trinajstić information content (AvgIpc) is 2.95. The minimum absolute atomic E-state index is 0.372. The molecule has 1 atom stereocenters. The Hall–Kier alpha value is -1.69. The summed E-state index contributed by atoms with van der Waals surface area (Å²) in [6.07, 6.45) is 4.51. The van der Waals surface area contributed by atoms with Gasteiger partial charge in [0.15, 0.2) is 5.82 Å². The standard InChI is InChI=1S/C12H19N5O/c1-4-6-10-14-12(16-18-10)11(13)8-7-17(3)15-9(8)5-2/h7,11H,4-6,13H2,1-3H3. The van der Waals surface area contributed by atoms with E-state index in [1.807, 2.05) is 13.2 Å². The molecule has 0 aliphatic heterocycles. The van der Waals surface area contributed by atoms with E-state index < -0.39 is 0 Å². The third-order valence-corrected chi connectivity index (χ3v) is 2.83. The Morgan fingerprint density at radius 2 is 2.22 bits per heavy atom. The van der Waals surface area contributed by atoms with Crippen molar-refractivity contribution in [1.82, 2.24) is 19.9 Å². The Morgan fingerprint density at radius 3 is 2.89 bits per heavy atom. The Kier molecular flexibility index (Phi) is 3.76. The summed E-state index contributed by atoms with van der Waals surface area (Å²) in [4.78, 5) is 4.32. The third kappa shape index (κ3) is 2.43. The van der Waals surface area contributed by atoms with Crippen molar-refractivity contribution < 1.29 is 4.52 Å². The second-order valence-corrected chi connectivity index (χ2v) is 4.33. The molecule has 98 valence electrons. The number of hydrogen-bond acceptors (Lipinski definition) is 5. The highest BCUT2D eigenvalue weighted by molar-refractivity contribution is 5.26. The smallest absolute Gasteiger partial charge is 0.226 e. The lowest BCUT2D eigenvalue weighted by Gasteiger charge is -2.05. The Bertz CT molecular complexity index is 516. The average molecular weight is 249 g/mol. The van der Waals surface area contributed by atoms with Crippen LogP contribution in [-0.4, -0.2) is 19.9 Å². The molecule has 0 radical (unpaired) electrons. The van der Waals surface area contributed by atoms with Gasteiger partial charge in [-0.15, -0.1) is 0 Å². The highest BCUT2D eigenvalue weighted by atomic mass is 16.5. The molecule has 0 saturated heterocycles. The monoisotopic (exact) mass is 249 g/mol. The molecule has 0 aromatic carbocycles.